The van der Waals surface area contributed by atoms with Gasteiger partial charge in [-0.15, -0.1) is 0 Å². The third kappa shape index (κ3) is 3.88. The number of hydrogen-bond acceptors (Lipinski definition) is 6. The number of likely N-dealkylation sites (tertiary alicyclic amines) is 1. The summed E-state index contributed by atoms with van der Waals surface area (Å²) in [4.78, 5) is 17.0. The fraction of sp³-hybridized carbons (Fsp3) is 0.231. The lowest BCUT2D eigenvalue weighted by Gasteiger charge is -2.29. The molecule has 1 amide bonds. The highest BCUT2D eigenvalue weighted by molar-refractivity contribution is 5.96. The van der Waals surface area contributed by atoms with Crippen molar-refractivity contribution in [3.8, 4) is 11.1 Å². The van der Waals surface area contributed by atoms with Crippen molar-refractivity contribution in [2.45, 2.75) is 25.3 Å². The summed E-state index contributed by atoms with van der Waals surface area (Å²) in [6.45, 7) is 1.15. The van der Waals surface area contributed by atoms with Gasteiger partial charge in [-0.3, -0.25) is 0 Å². The van der Waals surface area contributed by atoms with Gasteiger partial charge in [0.15, 0.2) is 5.82 Å². The lowest BCUT2D eigenvalue weighted by atomic mass is 9.93. The van der Waals surface area contributed by atoms with Crippen LogP contribution in [0.3, 0.4) is 0 Å². The molecule has 0 spiro atoms. The molecule has 1 aliphatic rings. The summed E-state index contributed by atoms with van der Waals surface area (Å²) in [5.41, 5.74) is 17.2. The molecule has 0 saturated carbocycles. The van der Waals surface area contributed by atoms with E-state index >= 15 is 0 Å². The average Bonchev–Trinajstić information content (AvgIpc) is 3.44. The van der Waals surface area contributed by atoms with Crippen LogP contribution in [0.15, 0.2) is 54.9 Å². The maximum Gasteiger partial charge on any atom is 0.407 e. The highest BCUT2D eigenvalue weighted by Crippen LogP contribution is 2.38. The molecule has 0 radical (unpaired) electrons. The fourth-order valence-corrected chi connectivity index (χ4v) is 5.20. The molecule has 0 aliphatic carbocycles. The smallest absolute Gasteiger partial charge is 0.407 e. The van der Waals surface area contributed by atoms with Crippen LogP contribution in [0.2, 0.25) is 0 Å². The van der Waals surface area contributed by atoms with Crippen LogP contribution in [0.4, 0.5) is 20.8 Å². The minimum absolute atomic E-state index is 0.130. The van der Waals surface area contributed by atoms with Gasteiger partial charge in [-0.05, 0) is 42.7 Å². The Morgan fingerprint density at radius 2 is 1.89 bits per heavy atom. The van der Waals surface area contributed by atoms with Crippen LogP contribution >= 0.6 is 0 Å². The lowest BCUT2D eigenvalue weighted by Crippen LogP contribution is -2.37. The maximum atomic E-state index is 14.2. The number of halogens is 1. The van der Waals surface area contributed by atoms with E-state index in [2.05, 4.69) is 21.2 Å². The molecule has 11 heteroatoms. The molecule has 5 N–H and O–H groups in total. The van der Waals surface area contributed by atoms with Crippen LogP contribution in [0.1, 0.15) is 30.0 Å². The molecule has 3 aromatic heterocycles. The van der Waals surface area contributed by atoms with Crippen molar-refractivity contribution in [3.63, 3.8) is 0 Å². The lowest BCUT2D eigenvalue weighted by molar-refractivity contribution is 0.131. The largest absolute Gasteiger partial charge is 0.465 e. The van der Waals surface area contributed by atoms with E-state index in [-0.39, 0.29) is 18.3 Å². The van der Waals surface area contributed by atoms with Gasteiger partial charge in [-0.25, -0.2) is 23.4 Å². The van der Waals surface area contributed by atoms with Crippen molar-refractivity contribution in [2.24, 2.45) is 0 Å². The van der Waals surface area contributed by atoms with E-state index in [1.165, 1.54) is 17.3 Å². The first-order valence-electron chi connectivity index (χ1n) is 12.0. The number of amides is 1. The minimum Gasteiger partial charge on any atom is -0.465 e. The Hall–Kier alpha value is -4.67. The number of carbonyl (C=O) groups is 1. The molecule has 2 aromatic carbocycles. The molecule has 5 aromatic rings. The van der Waals surface area contributed by atoms with Gasteiger partial charge in [-0.1, -0.05) is 24.3 Å². The number of rotatable bonds is 4. The van der Waals surface area contributed by atoms with Gasteiger partial charge in [0.25, 0.3) is 0 Å². The van der Waals surface area contributed by atoms with Crippen LogP contribution in [-0.2, 0) is 6.54 Å². The zero-order chi connectivity index (χ0) is 25.7. The summed E-state index contributed by atoms with van der Waals surface area (Å²) in [6, 6.07) is 14.4. The Morgan fingerprint density at radius 1 is 1.11 bits per heavy atom. The van der Waals surface area contributed by atoms with Crippen molar-refractivity contribution in [1.29, 1.82) is 0 Å². The van der Waals surface area contributed by atoms with Crippen LogP contribution in [0.25, 0.3) is 27.5 Å². The molecule has 4 heterocycles. The molecule has 0 unspecified atom stereocenters. The summed E-state index contributed by atoms with van der Waals surface area (Å²) >= 11 is 0. The fourth-order valence-electron chi connectivity index (χ4n) is 5.20. The van der Waals surface area contributed by atoms with Gasteiger partial charge >= 0.3 is 6.09 Å². The number of nitrogens with zero attached hydrogens (tertiary/aromatic N) is 6. The molecule has 1 saturated heterocycles. The van der Waals surface area contributed by atoms with E-state index < -0.39 is 6.09 Å². The van der Waals surface area contributed by atoms with Crippen molar-refractivity contribution in [3.05, 3.63) is 71.9 Å². The molecule has 6 rings (SSSR count). The predicted molar refractivity (Wildman–Crippen MR) is 138 cm³/mol. The SMILES string of the molecule is Nc1ncnn2c(C3CCN(C(=O)O)CC3)cc(-c3ccc4c(N)n(Cc5ccccc5F)nc4c3)c12. The Kier molecular flexibility index (Phi) is 5.40. The van der Waals surface area contributed by atoms with Crippen molar-refractivity contribution < 1.29 is 14.3 Å². The first-order chi connectivity index (χ1) is 17.9. The van der Waals surface area contributed by atoms with Crippen molar-refractivity contribution in [2.75, 3.05) is 24.6 Å². The number of anilines is 2. The minimum atomic E-state index is -0.896. The maximum absolute atomic E-state index is 14.2. The zero-order valence-corrected chi connectivity index (χ0v) is 19.9. The number of piperidine rings is 1. The van der Waals surface area contributed by atoms with Crippen molar-refractivity contribution in [1.82, 2.24) is 29.3 Å². The second-order valence-electron chi connectivity index (χ2n) is 9.30. The molecular weight excluding hydrogens is 475 g/mol. The van der Waals surface area contributed by atoms with Gasteiger partial charge in [0.1, 0.15) is 23.5 Å². The quantitative estimate of drug-likeness (QED) is 0.339. The summed E-state index contributed by atoms with van der Waals surface area (Å²) in [7, 11) is 0. The van der Waals surface area contributed by atoms with Crippen molar-refractivity contribution >= 4 is 34.1 Å². The molecule has 188 valence electrons. The standard InChI is InChI=1S/C26H25FN8O2/c27-20-4-2-1-3-17(20)13-34-25(29)18-6-5-16(11-21(18)32-34)19-12-22(35-23(19)24(28)30-14-31-35)15-7-9-33(10-8-15)26(36)37/h1-6,11-12,14-15H,7-10,13,29H2,(H,36,37)(H2,28,30,31). The van der Waals surface area contributed by atoms with Crippen LogP contribution < -0.4 is 11.5 Å². The normalized spacial score (nSPS) is 14.6. The Labute approximate surface area is 210 Å². The topological polar surface area (TPSA) is 141 Å². The Bertz CT molecular complexity index is 1650. The monoisotopic (exact) mass is 500 g/mol. The summed E-state index contributed by atoms with van der Waals surface area (Å²) in [5, 5.41) is 19.2. The van der Waals surface area contributed by atoms with Crippen LogP contribution in [0, 0.1) is 5.82 Å². The predicted octanol–water partition coefficient (Wildman–Crippen LogP) is 3.96. The second-order valence-corrected chi connectivity index (χ2v) is 9.30. The number of nitrogen functional groups attached to an aromatic ring is 2. The molecule has 37 heavy (non-hydrogen) atoms. The highest BCUT2D eigenvalue weighted by Gasteiger charge is 2.27. The molecule has 1 fully saturated rings. The van der Waals surface area contributed by atoms with E-state index in [1.807, 2.05) is 22.7 Å². The first-order valence-corrected chi connectivity index (χ1v) is 12.0. The van der Waals surface area contributed by atoms with Gasteiger partial charge in [0, 0.05) is 41.2 Å². The summed E-state index contributed by atoms with van der Waals surface area (Å²) < 4.78 is 17.6. The molecule has 0 atom stereocenters. The van der Waals surface area contributed by atoms with E-state index in [4.69, 9.17) is 11.5 Å². The molecule has 10 nitrogen and oxygen atoms in total. The third-order valence-corrected chi connectivity index (χ3v) is 7.16. The van der Waals surface area contributed by atoms with E-state index in [9.17, 15) is 14.3 Å². The number of aromatic nitrogens is 5. The molecular formula is C26H25FN8O2. The molecule has 1 aliphatic heterocycles. The zero-order valence-electron chi connectivity index (χ0n) is 19.9. The molecule has 0 bridgehead atoms. The Morgan fingerprint density at radius 3 is 2.65 bits per heavy atom. The van der Waals surface area contributed by atoms with Gasteiger partial charge in [0.2, 0.25) is 0 Å². The number of hydrogen-bond donors (Lipinski definition) is 3. The number of carboxylic acid groups (broad SMARTS) is 1. The number of benzene rings is 2. The second kappa shape index (κ2) is 8.77. The van der Waals surface area contributed by atoms with E-state index in [0.717, 1.165) is 22.2 Å². The highest BCUT2D eigenvalue weighted by atomic mass is 19.1. The third-order valence-electron chi connectivity index (χ3n) is 7.16. The van der Waals surface area contributed by atoms with Gasteiger partial charge < -0.3 is 21.5 Å². The van der Waals surface area contributed by atoms with Crippen LogP contribution in [0.5, 0.6) is 0 Å². The Balaban J connectivity index is 1.40. The number of nitrogens with two attached hydrogens (primary N) is 2. The van der Waals surface area contributed by atoms with Crippen LogP contribution in [-0.4, -0.2) is 53.6 Å². The van der Waals surface area contributed by atoms with E-state index in [1.54, 1.807) is 22.9 Å². The first kappa shape index (κ1) is 22.8. The summed E-state index contributed by atoms with van der Waals surface area (Å²) in [6.07, 6.45) is 1.92. The summed E-state index contributed by atoms with van der Waals surface area (Å²) in [5.74, 6) is 0.634. The van der Waals surface area contributed by atoms with Gasteiger partial charge in [0.05, 0.1) is 12.1 Å². The van der Waals surface area contributed by atoms with Gasteiger partial charge in [-0.2, -0.15) is 10.2 Å². The van der Waals surface area contributed by atoms with E-state index in [0.29, 0.717) is 54.2 Å². The number of fused-ring (bicyclic) bond motifs is 2. The average molecular weight is 501 g/mol.